The topological polar surface area (TPSA) is 73.3 Å². The Balaban J connectivity index is 1.73. The van der Waals surface area contributed by atoms with Crippen LogP contribution in [0.15, 0.2) is 12.1 Å². The van der Waals surface area contributed by atoms with Gasteiger partial charge in [-0.1, -0.05) is 0 Å². The van der Waals surface area contributed by atoms with Crippen molar-refractivity contribution in [1.82, 2.24) is 4.98 Å². The van der Waals surface area contributed by atoms with Crippen LogP contribution in [0.1, 0.15) is 40.3 Å². The van der Waals surface area contributed by atoms with Crippen molar-refractivity contribution in [1.29, 1.82) is 0 Å². The molecule has 4 heterocycles. The molecule has 3 aliphatic heterocycles. The molecule has 0 radical (unpaired) electrons. The molecule has 148 valence electrons. The van der Waals surface area contributed by atoms with Gasteiger partial charge < -0.3 is 28.8 Å². The van der Waals surface area contributed by atoms with Gasteiger partial charge >= 0.3 is 7.12 Å². The highest BCUT2D eigenvalue weighted by molar-refractivity contribution is 6.62. The van der Waals surface area contributed by atoms with Gasteiger partial charge in [0.1, 0.15) is 5.82 Å². The fourth-order valence-electron chi connectivity index (χ4n) is 3.55. The number of aliphatic hydroxyl groups is 1. The fraction of sp³-hybridized carbons (Fsp3) is 0.737. The van der Waals surface area contributed by atoms with Crippen LogP contribution in [-0.4, -0.2) is 67.4 Å². The van der Waals surface area contributed by atoms with Crippen molar-refractivity contribution in [3.8, 4) is 0 Å². The van der Waals surface area contributed by atoms with Crippen LogP contribution in [0.25, 0.3) is 0 Å². The molecule has 3 fully saturated rings. The Morgan fingerprint density at radius 2 is 1.78 bits per heavy atom. The summed E-state index contributed by atoms with van der Waals surface area (Å²) in [6, 6.07) is 4.11. The Morgan fingerprint density at radius 1 is 1.11 bits per heavy atom. The van der Waals surface area contributed by atoms with E-state index >= 15 is 0 Å². The number of hydrogen-bond donors (Lipinski definition) is 1. The van der Waals surface area contributed by atoms with Gasteiger partial charge in [0.25, 0.3) is 0 Å². The highest BCUT2D eigenvalue weighted by atomic mass is 16.7. The van der Waals surface area contributed by atoms with Gasteiger partial charge in [0.2, 0.25) is 0 Å². The highest BCUT2D eigenvalue weighted by Crippen LogP contribution is 2.37. The zero-order valence-electron chi connectivity index (χ0n) is 16.8. The summed E-state index contributed by atoms with van der Waals surface area (Å²) >= 11 is 0. The van der Waals surface area contributed by atoms with Gasteiger partial charge in [-0.15, -0.1) is 0 Å². The Bertz CT molecular complexity index is 706. The predicted octanol–water partition coefficient (Wildman–Crippen LogP) is 0.824. The van der Waals surface area contributed by atoms with Crippen molar-refractivity contribution in [3.63, 3.8) is 0 Å². The summed E-state index contributed by atoms with van der Waals surface area (Å²) in [5.74, 6) is 0.813. The molecule has 0 saturated carbocycles. The molecule has 7 nitrogen and oxygen atoms in total. The van der Waals surface area contributed by atoms with Crippen molar-refractivity contribution in [2.75, 3.05) is 37.9 Å². The minimum atomic E-state index is -1.05. The largest absolute Gasteiger partial charge is 0.495 e. The lowest BCUT2D eigenvalue weighted by atomic mass is 9.77. The summed E-state index contributed by atoms with van der Waals surface area (Å²) in [7, 11) is -0.503. The Kier molecular flexibility index (Phi) is 4.55. The van der Waals surface area contributed by atoms with E-state index in [2.05, 4.69) is 11.8 Å². The monoisotopic (exact) mass is 376 g/mol. The van der Waals surface area contributed by atoms with Crippen molar-refractivity contribution >= 4 is 18.4 Å². The van der Waals surface area contributed by atoms with Crippen molar-refractivity contribution in [2.24, 2.45) is 0 Å². The standard InChI is InChI=1S/C19H29BN2O5/c1-13-10-24-7-6-22(13)16-9-14(8-15(21-16)19(23)11-25-12-19)20-26-17(2,3)18(4,5)27-20/h8-9,13,23H,6-7,10-12H2,1-5H3. The summed E-state index contributed by atoms with van der Waals surface area (Å²) in [5, 5.41) is 10.8. The molecule has 0 aromatic carbocycles. The second-order valence-corrected chi connectivity index (χ2v) is 8.87. The van der Waals surface area contributed by atoms with Crippen LogP contribution in [0.2, 0.25) is 0 Å². The number of rotatable bonds is 3. The maximum Gasteiger partial charge on any atom is 0.495 e. The Hall–Kier alpha value is -1.19. The lowest BCUT2D eigenvalue weighted by Crippen LogP contribution is -2.50. The van der Waals surface area contributed by atoms with Crippen LogP contribution in [0.5, 0.6) is 0 Å². The molecule has 4 rings (SSSR count). The van der Waals surface area contributed by atoms with E-state index < -0.39 is 23.9 Å². The molecule has 0 spiro atoms. The average molecular weight is 376 g/mol. The van der Waals surface area contributed by atoms with Crippen molar-refractivity contribution in [3.05, 3.63) is 17.8 Å². The van der Waals surface area contributed by atoms with Crippen LogP contribution in [0, 0.1) is 0 Å². The van der Waals surface area contributed by atoms with E-state index in [1.165, 1.54) is 0 Å². The Morgan fingerprint density at radius 3 is 2.33 bits per heavy atom. The fourth-order valence-corrected chi connectivity index (χ4v) is 3.55. The number of ether oxygens (including phenoxy) is 2. The van der Waals surface area contributed by atoms with E-state index in [-0.39, 0.29) is 19.3 Å². The maximum absolute atomic E-state index is 10.8. The van der Waals surface area contributed by atoms with Crippen molar-refractivity contribution in [2.45, 2.75) is 57.5 Å². The smallest absolute Gasteiger partial charge is 0.399 e. The van der Waals surface area contributed by atoms with Gasteiger partial charge in [0, 0.05) is 6.54 Å². The third-order valence-corrected chi connectivity index (χ3v) is 6.18. The lowest BCUT2D eigenvalue weighted by Gasteiger charge is -2.38. The zero-order chi connectivity index (χ0) is 19.4. The van der Waals surface area contributed by atoms with Gasteiger partial charge in [-0.05, 0) is 52.2 Å². The predicted molar refractivity (Wildman–Crippen MR) is 102 cm³/mol. The van der Waals surface area contributed by atoms with Crippen LogP contribution >= 0.6 is 0 Å². The molecule has 1 unspecified atom stereocenters. The molecule has 0 bridgehead atoms. The first-order valence-corrected chi connectivity index (χ1v) is 9.64. The summed E-state index contributed by atoms with van der Waals surface area (Å²) in [6.07, 6.45) is 0. The molecule has 0 amide bonds. The van der Waals surface area contributed by atoms with Gasteiger partial charge in [0.05, 0.1) is 49.4 Å². The molecule has 8 heteroatoms. The molecule has 1 aromatic rings. The Labute approximate surface area is 161 Å². The molecule has 1 atom stereocenters. The van der Waals surface area contributed by atoms with Gasteiger partial charge in [-0.3, -0.25) is 0 Å². The van der Waals surface area contributed by atoms with Crippen LogP contribution in [-0.2, 0) is 24.4 Å². The second kappa shape index (κ2) is 6.42. The van der Waals surface area contributed by atoms with E-state index in [4.69, 9.17) is 23.8 Å². The molecular formula is C19H29BN2O5. The summed E-state index contributed by atoms with van der Waals surface area (Å²) in [6.45, 7) is 12.8. The average Bonchev–Trinajstić information content (AvgIpc) is 2.80. The number of aromatic nitrogens is 1. The number of pyridine rings is 1. The molecule has 3 saturated heterocycles. The number of hydrogen-bond acceptors (Lipinski definition) is 7. The van der Waals surface area contributed by atoms with Crippen LogP contribution < -0.4 is 10.4 Å². The molecule has 1 N–H and O–H groups in total. The first-order chi connectivity index (χ1) is 12.6. The SMILES string of the molecule is CC1COCCN1c1cc(B2OC(C)(C)C(C)(C)O2)cc(C2(O)COC2)n1. The van der Waals surface area contributed by atoms with E-state index in [0.29, 0.717) is 18.9 Å². The van der Waals surface area contributed by atoms with E-state index in [1.54, 1.807) is 0 Å². The van der Waals surface area contributed by atoms with Crippen LogP contribution in [0.4, 0.5) is 5.82 Å². The minimum Gasteiger partial charge on any atom is -0.399 e. The molecule has 0 aliphatic carbocycles. The van der Waals surface area contributed by atoms with Crippen LogP contribution in [0.3, 0.4) is 0 Å². The molecule has 27 heavy (non-hydrogen) atoms. The molecular weight excluding hydrogens is 347 g/mol. The first kappa shape index (κ1) is 19.1. The summed E-state index contributed by atoms with van der Waals surface area (Å²) < 4.78 is 23.3. The maximum atomic E-state index is 10.8. The third kappa shape index (κ3) is 3.27. The van der Waals surface area contributed by atoms with Gasteiger partial charge in [-0.2, -0.15) is 0 Å². The highest BCUT2D eigenvalue weighted by Gasteiger charge is 2.52. The number of nitrogens with zero attached hydrogens (tertiary/aromatic N) is 2. The third-order valence-electron chi connectivity index (χ3n) is 6.18. The van der Waals surface area contributed by atoms with E-state index in [1.807, 2.05) is 39.8 Å². The van der Waals surface area contributed by atoms with Crippen molar-refractivity contribution < 1.29 is 23.9 Å². The number of morpholine rings is 1. The molecule has 3 aliphatic rings. The quantitative estimate of drug-likeness (QED) is 0.784. The number of anilines is 1. The summed E-state index contributed by atoms with van der Waals surface area (Å²) in [5.41, 5.74) is -0.430. The molecule has 1 aromatic heterocycles. The van der Waals surface area contributed by atoms with Gasteiger partial charge in [0.15, 0.2) is 5.60 Å². The van der Waals surface area contributed by atoms with Gasteiger partial charge in [-0.25, -0.2) is 4.98 Å². The first-order valence-electron chi connectivity index (χ1n) is 9.64. The lowest BCUT2D eigenvalue weighted by molar-refractivity contribution is -0.186. The zero-order valence-corrected chi connectivity index (χ0v) is 16.8. The van der Waals surface area contributed by atoms with E-state index in [0.717, 1.165) is 17.8 Å². The minimum absolute atomic E-state index is 0.208. The second-order valence-electron chi connectivity index (χ2n) is 8.87. The summed E-state index contributed by atoms with van der Waals surface area (Å²) in [4.78, 5) is 6.99. The normalized spacial score (nSPS) is 28.9. The van der Waals surface area contributed by atoms with E-state index in [9.17, 15) is 5.11 Å².